The molecule has 0 spiro atoms. The molecule has 2 aromatic rings. The second kappa shape index (κ2) is 12.9. The number of hydrogen-bond donors (Lipinski definition) is 1. The molecule has 1 aromatic carbocycles. The molecule has 1 heterocycles. The van der Waals surface area contributed by atoms with Gasteiger partial charge in [-0.05, 0) is 18.6 Å². The van der Waals surface area contributed by atoms with Crippen LogP contribution in [0.25, 0.3) is 0 Å². The molecule has 11 nitrogen and oxygen atoms in total. The highest BCUT2D eigenvalue weighted by Gasteiger charge is 2.21. The third kappa shape index (κ3) is 7.54. The maximum Gasteiger partial charge on any atom is 0.325 e. The van der Waals surface area contributed by atoms with Crippen LogP contribution in [0.4, 0.5) is 0 Å². The summed E-state index contributed by atoms with van der Waals surface area (Å²) in [6, 6.07) is 6.83. The summed E-state index contributed by atoms with van der Waals surface area (Å²) in [6.45, 7) is 2.11. The lowest BCUT2D eigenvalue weighted by Gasteiger charge is -2.16. The smallest absolute Gasteiger partial charge is 0.325 e. The predicted octanol–water partition coefficient (Wildman–Crippen LogP) is 1.91. The molecule has 1 aromatic heterocycles. The zero-order valence-corrected chi connectivity index (χ0v) is 19.7. The maximum absolute atomic E-state index is 12.6. The topological polar surface area (TPSA) is 132 Å². The molecule has 0 aliphatic carbocycles. The van der Waals surface area contributed by atoms with Gasteiger partial charge in [0.1, 0.15) is 24.1 Å². The summed E-state index contributed by atoms with van der Waals surface area (Å²) in [5.41, 5.74) is 0.693. The Balaban J connectivity index is 1.96. The van der Waals surface area contributed by atoms with E-state index in [0.717, 1.165) is 5.56 Å². The van der Waals surface area contributed by atoms with Gasteiger partial charge in [-0.1, -0.05) is 6.07 Å². The number of esters is 2. The molecule has 0 radical (unpaired) electrons. The Morgan fingerprint density at radius 2 is 1.76 bits per heavy atom. The van der Waals surface area contributed by atoms with Gasteiger partial charge in [0.25, 0.3) is 5.91 Å². The molecular formula is C23H28N2O9. The zero-order chi connectivity index (χ0) is 25.1. The number of ether oxygens (including phenoxy) is 6. The molecule has 1 atom stereocenters. The number of nitrogens with zero attached hydrogens (tertiary/aromatic N) is 1. The van der Waals surface area contributed by atoms with Gasteiger partial charge in [-0.25, -0.2) is 4.98 Å². The normalized spacial score (nSPS) is 11.1. The first-order chi connectivity index (χ1) is 16.3. The van der Waals surface area contributed by atoms with Gasteiger partial charge in [-0.3, -0.25) is 14.4 Å². The quantitative estimate of drug-likeness (QED) is 0.358. The third-order valence-corrected chi connectivity index (χ3v) is 4.50. The average molecular weight is 476 g/mol. The Morgan fingerprint density at radius 3 is 2.41 bits per heavy atom. The van der Waals surface area contributed by atoms with E-state index in [1.165, 1.54) is 26.3 Å². The summed E-state index contributed by atoms with van der Waals surface area (Å²) in [6.07, 6.45) is 1.26. The Labute approximate surface area is 197 Å². The van der Waals surface area contributed by atoms with Gasteiger partial charge in [0.05, 0.1) is 21.3 Å². The minimum absolute atomic E-state index is 0.0305. The lowest BCUT2D eigenvalue weighted by molar-refractivity contribution is -0.148. The van der Waals surface area contributed by atoms with Crippen molar-refractivity contribution in [2.24, 2.45) is 0 Å². The van der Waals surface area contributed by atoms with Crippen molar-refractivity contribution in [3.8, 4) is 23.0 Å². The molecule has 0 aliphatic heterocycles. The lowest BCUT2D eigenvalue weighted by atomic mass is 10.1. The summed E-state index contributed by atoms with van der Waals surface area (Å²) in [7, 11) is 4.48. The van der Waals surface area contributed by atoms with Crippen LogP contribution in [-0.4, -0.2) is 63.6 Å². The van der Waals surface area contributed by atoms with E-state index in [0.29, 0.717) is 17.9 Å². The molecule has 0 aliphatic rings. The molecule has 0 fully saturated rings. The summed E-state index contributed by atoms with van der Waals surface area (Å²) >= 11 is 0. The van der Waals surface area contributed by atoms with Crippen LogP contribution in [-0.2, 0) is 25.5 Å². The largest absolute Gasteiger partial charge is 0.497 e. The zero-order valence-electron chi connectivity index (χ0n) is 19.7. The van der Waals surface area contributed by atoms with Gasteiger partial charge < -0.3 is 33.7 Å². The minimum atomic E-state index is -0.696. The number of methoxy groups -OCH3 is 3. The number of carbonyl (C=O) groups is 3. The van der Waals surface area contributed by atoms with E-state index in [2.05, 4.69) is 10.3 Å². The molecule has 1 unspecified atom stereocenters. The molecule has 0 saturated carbocycles. The van der Waals surface area contributed by atoms with Gasteiger partial charge in [0.2, 0.25) is 6.79 Å². The van der Waals surface area contributed by atoms with Crippen LogP contribution in [0.2, 0.25) is 0 Å². The summed E-state index contributed by atoms with van der Waals surface area (Å²) in [4.78, 5) is 39.8. The van der Waals surface area contributed by atoms with Gasteiger partial charge in [0, 0.05) is 31.7 Å². The monoisotopic (exact) mass is 476 g/mol. The van der Waals surface area contributed by atoms with Crippen molar-refractivity contribution in [2.45, 2.75) is 26.4 Å². The van der Waals surface area contributed by atoms with Gasteiger partial charge in [-0.15, -0.1) is 0 Å². The SMILES string of the molecule is COc1ccc(CC(C)OC(=O)CNC(=O)c2nccc(OC)c2OCOC(C)=O)c(OC)c1. The van der Waals surface area contributed by atoms with E-state index in [4.69, 9.17) is 28.4 Å². The summed E-state index contributed by atoms with van der Waals surface area (Å²) < 4.78 is 31.2. The standard InChI is InChI=1S/C23H28N2O9/c1-14(10-16-6-7-17(29-3)11-19(16)31-5)34-20(27)12-25-23(28)21-22(33-13-32-15(2)26)18(30-4)8-9-24-21/h6-9,11,14H,10,12-13H2,1-5H3,(H,25,28). The first kappa shape index (κ1) is 26.2. The molecule has 0 bridgehead atoms. The van der Waals surface area contributed by atoms with E-state index >= 15 is 0 Å². The van der Waals surface area contributed by atoms with Crippen molar-refractivity contribution in [2.75, 3.05) is 34.7 Å². The highest BCUT2D eigenvalue weighted by Crippen LogP contribution is 2.29. The number of amides is 1. The van der Waals surface area contributed by atoms with Crippen molar-refractivity contribution in [1.82, 2.24) is 10.3 Å². The Hall–Kier alpha value is -4.02. The summed E-state index contributed by atoms with van der Waals surface area (Å²) in [5, 5.41) is 2.44. The number of aromatic nitrogens is 1. The van der Waals surface area contributed by atoms with E-state index < -0.39 is 37.3 Å². The minimum Gasteiger partial charge on any atom is -0.497 e. The Kier molecular flexibility index (Phi) is 9.93. The van der Waals surface area contributed by atoms with Gasteiger partial charge >= 0.3 is 11.9 Å². The Morgan fingerprint density at radius 1 is 1.03 bits per heavy atom. The lowest BCUT2D eigenvalue weighted by Crippen LogP contribution is -2.33. The van der Waals surface area contributed by atoms with E-state index in [9.17, 15) is 14.4 Å². The van der Waals surface area contributed by atoms with Gasteiger partial charge in [-0.2, -0.15) is 0 Å². The van der Waals surface area contributed by atoms with Gasteiger partial charge in [0.15, 0.2) is 17.2 Å². The second-order valence-corrected chi connectivity index (χ2v) is 6.95. The molecule has 1 amide bonds. The Bertz CT molecular complexity index is 1010. The first-order valence-electron chi connectivity index (χ1n) is 10.3. The summed E-state index contributed by atoms with van der Waals surface area (Å²) in [5.74, 6) is -0.458. The molecule has 11 heteroatoms. The van der Waals surface area contributed by atoms with Crippen LogP contribution >= 0.6 is 0 Å². The number of carbonyl (C=O) groups excluding carboxylic acids is 3. The predicted molar refractivity (Wildman–Crippen MR) is 119 cm³/mol. The van der Waals surface area contributed by atoms with Crippen LogP contribution in [0.5, 0.6) is 23.0 Å². The fourth-order valence-corrected chi connectivity index (χ4v) is 2.94. The number of nitrogens with one attached hydrogen (secondary N) is 1. The fraction of sp³-hybridized carbons (Fsp3) is 0.391. The van der Waals surface area contributed by atoms with Crippen molar-refractivity contribution < 1.29 is 42.8 Å². The van der Waals surface area contributed by atoms with Crippen LogP contribution in [0.15, 0.2) is 30.5 Å². The molecule has 34 heavy (non-hydrogen) atoms. The fourth-order valence-electron chi connectivity index (χ4n) is 2.94. The van der Waals surface area contributed by atoms with Crippen molar-refractivity contribution in [1.29, 1.82) is 0 Å². The van der Waals surface area contributed by atoms with Crippen LogP contribution in [0, 0.1) is 0 Å². The first-order valence-corrected chi connectivity index (χ1v) is 10.3. The molecule has 184 valence electrons. The van der Waals surface area contributed by atoms with Crippen molar-refractivity contribution in [3.05, 3.63) is 41.7 Å². The number of hydrogen-bond acceptors (Lipinski definition) is 10. The van der Waals surface area contributed by atoms with E-state index in [1.807, 2.05) is 6.07 Å². The maximum atomic E-state index is 12.6. The average Bonchev–Trinajstić information content (AvgIpc) is 2.82. The molecule has 1 N–H and O–H groups in total. The third-order valence-electron chi connectivity index (χ3n) is 4.50. The highest BCUT2D eigenvalue weighted by molar-refractivity contribution is 5.97. The second-order valence-electron chi connectivity index (χ2n) is 6.95. The van der Waals surface area contributed by atoms with E-state index in [-0.39, 0.29) is 17.2 Å². The highest BCUT2D eigenvalue weighted by atomic mass is 16.7. The molecule has 0 saturated heterocycles. The number of rotatable bonds is 12. The number of pyridine rings is 1. The van der Waals surface area contributed by atoms with Crippen molar-refractivity contribution >= 4 is 17.8 Å². The molecule has 2 rings (SSSR count). The van der Waals surface area contributed by atoms with Crippen molar-refractivity contribution in [3.63, 3.8) is 0 Å². The van der Waals surface area contributed by atoms with Crippen LogP contribution in [0.1, 0.15) is 29.9 Å². The van der Waals surface area contributed by atoms with Crippen LogP contribution in [0.3, 0.4) is 0 Å². The van der Waals surface area contributed by atoms with Crippen LogP contribution < -0.4 is 24.3 Å². The number of benzene rings is 1. The van der Waals surface area contributed by atoms with E-state index in [1.54, 1.807) is 33.3 Å². The molecular weight excluding hydrogens is 448 g/mol.